The Bertz CT molecular complexity index is 453. The van der Waals surface area contributed by atoms with Crippen LogP contribution in [0.2, 0.25) is 0 Å². The van der Waals surface area contributed by atoms with Gasteiger partial charge < -0.3 is 9.72 Å². The molecule has 1 N–H and O–H groups in total. The molecule has 0 saturated carbocycles. The lowest BCUT2D eigenvalue weighted by atomic mass is 10.2. The molecule has 0 fully saturated rings. The maximum atomic E-state index is 5.64. The van der Waals surface area contributed by atoms with Crippen LogP contribution in [0.1, 0.15) is 11.3 Å². The van der Waals surface area contributed by atoms with Gasteiger partial charge in [0, 0.05) is 0 Å². The molecular weight excluding hydrogens is 256 g/mol. The summed E-state index contributed by atoms with van der Waals surface area (Å²) in [4.78, 5) is 7.08. The van der Waals surface area contributed by atoms with Crippen LogP contribution < -0.4 is 4.74 Å². The highest BCUT2D eigenvalue weighted by atomic mass is 79.9. The molecule has 1 heterocycles. The van der Waals surface area contributed by atoms with E-state index in [9.17, 15) is 0 Å². The van der Waals surface area contributed by atoms with Crippen LogP contribution in [0.3, 0.4) is 0 Å². The van der Waals surface area contributed by atoms with E-state index in [-0.39, 0.29) is 0 Å². The van der Waals surface area contributed by atoms with Gasteiger partial charge in [-0.3, -0.25) is 0 Å². The molecule has 1 aromatic heterocycles. The molecule has 2 aromatic rings. The summed E-state index contributed by atoms with van der Waals surface area (Å²) in [7, 11) is 0. The number of hydrogen-bond acceptors (Lipinski definition) is 2. The first-order chi connectivity index (χ1) is 7.25. The lowest BCUT2D eigenvalue weighted by Gasteiger charge is -2.06. The first kappa shape index (κ1) is 10.2. The zero-order chi connectivity index (χ0) is 10.7. The van der Waals surface area contributed by atoms with Crippen molar-refractivity contribution >= 4 is 15.9 Å². The molecule has 0 saturated heterocycles. The van der Waals surface area contributed by atoms with E-state index in [1.54, 1.807) is 6.20 Å². The summed E-state index contributed by atoms with van der Waals surface area (Å²) >= 11 is 3.25. The molecule has 0 aliphatic heterocycles. The third kappa shape index (κ3) is 2.59. The van der Waals surface area contributed by atoms with E-state index in [2.05, 4.69) is 25.9 Å². The normalized spacial score (nSPS) is 10.3. The maximum Gasteiger partial charge on any atom is 0.174 e. The van der Waals surface area contributed by atoms with E-state index >= 15 is 0 Å². The van der Waals surface area contributed by atoms with Gasteiger partial charge in [-0.25, -0.2) is 4.98 Å². The molecule has 0 aliphatic carbocycles. The summed E-state index contributed by atoms with van der Waals surface area (Å²) in [5.74, 6) is 0.906. The van der Waals surface area contributed by atoms with Crippen LogP contribution in [0.25, 0.3) is 0 Å². The monoisotopic (exact) mass is 266 g/mol. The van der Waals surface area contributed by atoms with Crippen molar-refractivity contribution < 1.29 is 4.74 Å². The van der Waals surface area contributed by atoms with Crippen molar-refractivity contribution in [3.8, 4) is 5.75 Å². The molecule has 78 valence electrons. The zero-order valence-electron chi connectivity index (χ0n) is 8.33. The van der Waals surface area contributed by atoms with Gasteiger partial charge in [-0.2, -0.15) is 0 Å². The smallest absolute Gasteiger partial charge is 0.174 e. The maximum absolute atomic E-state index is 5.64. The van der Waals surface area contributed by atoms with Crippen LogP contribution in [0, 0.1) is 6.92 Å². The van der Waals surface area contributed by atoms with Crippen LogP contribution in [0.15, 0.2) is 35.2 Å². The lowest BCUT2D eigenvalue weighted by molar-refractivity contribution is 0.300. The van der Waals surface area contributed by atoms with E-state index in [0.717, 1.165) is 21.7 Å². The van der Waals surface area contributed by atoms with Crippen LogP contribution in [-0.2, 0) is 6.61 Å². The summed E-state index contributed by atoms with van der Waals surface area (Å²) in [5.41, 5.74) is 2.08. The van der Waals surface area contributed by atoms with Gasteiger partial charge in [0.15, 0.2) is 4.73 Å². The van der Waals surface area contributed by atoms with Crippen LogP contribution >= 0.6 is 15.9 Å². The predicted molar refractivity (Wildman–Crippen MR) is 61.8 cm³/mol. The van der Waals surface area contributed by atoms with E-state index in [1.165, 1.54) is 0 Å². The summed E-state index contributed by atoms with van der Waals surface area (Å²) in [5, 5.41) is 0. The number of hydrogen-bond donors (Lipinski definition) is 1. The van der Waals surface area contributed by atoms with Gasteiger partial charge in [0.05, 0.1) is 11.9 Å². The van der Waals surface area contributed by atoms with E-state index in [0.29, 0.717) is 6.61 Å². The third-order valence-corrected chi connectivity index (χ3v) is 2.48. The molecule has 0 atom stereocenters. The van der Waals surface area contributed by atoms with E-state index in [1.807, 2.05) is 31.2 Å². The number of H-pyrrole nitrogens is 1. The Morgan fingerprint density at radius 2 is 2.20 bits per heavy atom. The van der Waals surface area contributed by atoms with Gasteiger partial charge in [-0.15, -0.1) is 0 Å². The third-order valence-electron chi connectivity index (χ3n) is 2.07. The second-order valence-corrected chi connectivity index (χ2v) is 4.00. The summed E-state index contributed by atoms with van der Waals surface area (Å²) < 4.78 is 6.37. The Morgan fingerprint density at radius 1 is 1.40 bits per heavy atom. The number of benzene rings is 1. The van der Waals surface area contributed by atoms with Crippen LogP contribution in [-0.4, -0.2) is 9.97 Å². The number of halogens is 1. The first-order valence-electron chi connectivity index (χ1n) is 4.63. The average Bonchev–Trinajstić information content (AvgIpc) is 2.63. The first-order valence-corrected chi connectivity index (χ1v) is 5.43. The average molecular weight is 267 g/mol. The molecule has 0 bridgehead atoms. The van der Waals surface area contributed by atoms with Gasteiger partial charge >= 0.3 is 0 Å². The van der Waals surface area contributed by atoms with Crippen molar-refractivity contribution in [2.24, 2.45) is 0 Å². The minimum absolute atomic E-state index is 0.503. The molecule has 15 heavy (non-hydrogen) atoms. The van der Waals surface area contributed by atoms with Crippen molar-refractivity contribution in [1.29, 1.82) is 0 Å². The summed E-state index contributed by atoms with van der Waals surface area (Å²) in [6.45, 7) is 2.53. The van der Waals surface area contributed by atoms with Gasteiger partial charge in [-0.05, 0) is 34.5 Å². The number of aryl methyl sites for hydroxylation is 1. The predicted octanol–water partition coefficient (Wildman–Crippen LogP) is 3.06. The summed E-state index contributed by atoms with van der Waals surface area (Å²) in [6.07, 6.45) is 1.75. The van der Waals surface area contributed by atoms with Crippen molar-refractivity contribution in [2.75, 3.05) is 0 Å². The fourth-order valence-electron chi connectivity index (χ4n) is 1.28. The lowest BCUT2D eigenvalue weighted by Crippen LogP contribution is -1.96. The number of imidazole rings is 1. The molecule has 1 aromatic carbocycles. The van der Waals surface area contributed by atoms with Crippen molar-refractivity contribution in [3.05, 3.63) is 46.5 Å². The Hall–Kier alpha value is -1.29. The zero-order valence-corrected chi connectivity index (χ0v) is 9.91. The molecular formula is C11H11BrN2O. The fraction of sp³-hybridized carbons (Fsp3) is 0.182. The number of nitrogens with one attached hydrogen (secondary N) is 1. The van der Waals surface area contributed by atoms with Crippen molar-refractivity contribution in [3.63, 3.8) is 0 Å². The van der Waals surface area contributed by atoms with Crippen molar-refractivity contribution in [1.82, 2.24) is 9.97 Å². The van der Waals surface area contributed by atoms with Crippen molar-refractivity contribution in [2.45, 2.75) is 13.5 Å². The van der Waals surface area contributed by atoms with Gasteiger partial charge in [0.2, 0.25) is 0 Å². The molecule has 3 nitrogen and oxygen atoms in total. The number of aromatic nitrogens is 2. The quantitative estimate of drug-likeness (QED) is 0.928. The second-order valence-electron chi connectivity index (χ2n) is 3.25. The number of ether oxygens (including phenoxy) is 1. The summed E-state index contributed by atoms with van der Waals surface area (Å²) in [6, 6.07) is 7.94. The molecule has 2 rings (SSSR count). The molecule has 0 spiro atoms. The molecule has 0 unspecified atom stereocenters. The highest BCUT2D eigenvalue weighted by Crippen LogP contribution is 2.17. The second kappa shape index (κ2) is 4.49. The molecule has 0 radical (unpaired) electrons. The molecule has 0 amide bonds. The molecule has 0 aliphatic rings. The highest BCUT2D eigenvalue weighted by molar-refractivity contribution is 9.10. The highest BCUT2D eigenvalue weighted by Gasteiger charge is 2.00. The number of rotatable bonds is 3. The minimum Gasteiger partial charge on any atom is -0.487 e. The van der Waals surface area contributed by atoms with E-state index < -0.39 is 0 Å². The van der Waals surface area contributed by atoms with Gasteiger partial charge in [0.25, 0.3) is 0 Å². The minimum atomic E-state index is 0.503. The van der Waals surface area contributed by atoms with Crippen LogP contribution in [0.5, 0.6) is 5.75 Å². The van der Waals surface area contributed by atoms with E-state index in [4.69, 9.17) is 4.74 Å². The number of para-hydroxylation sites is 1. The topological polar surface area (TPSA) is 37.9 Å². The number of aromatic amines is 1. The Balaban J connectivity index is 2.02. The Labute approximate surface area is 96.6 Å². The molecule has 4 heteroatoms. The standard InChI is InChI=1S/C11H11BrN2O/c1-8-4-2-3-5-10(8)15-7-9-6-13-11(12)14-9/h2-6H,7H2,1H3,(H,13,14). The van der Waals surface area contributed by atoms with Crippen LogP contribution in [0.4, 0.5) is 0 Å². The van der Waals surface area contributed by atoms with Gasteiger partial charge in [0.1, 0.15) is 12.4 Å². The largest absolute Gasteiger partial charge is 0.487 e. The van der Waals surface area contributed by atoms with Gasteiger partial charge in [-0.1, -0.05) is 18.2 Å². The number of nitrogens with zero attached hydrogens (tertiary/aromatic N) is 1. The Kier molecular flexibility index (Phi) is 3.06. The fourth-order valence-corrected chi connectivity index (χ4v) is 1.64. The SMILES string of the molecule is Cc1ccccc1OCc1cnc(Br)[nH]1. The Morgan fingerprint density at radius 3 is 2.87 bits per heavy atom.